The van der Waals surface area contributed by atoms with Gasteiger partial charge in [0.2, 0.25) is 5.91 Å². The van der Waals surface area contributed by atoms with Crippen LogP contribution in [0.25, 0.3) is 0 Å². The van der Waals surface area contributed by atoms with Crippen LogP contribution >= 0.6 is 0 Å². The lowest BCUT2D eigenvalue weighted by atomic mass is 9.69. The topological polar surface area (TPSA) is 66.0 Å². The molecule has 1 aliphatic rings. The molecule has 1 aliphatic carbocycles. The molecule has 1 fully saturated rings. The van der Waals surface area contributed by atoms with E-state index in [1.165, 1.54) is 0 Å². The van der Waals surface area contributed by atoms with Crippen molar-refractivity contribution in [3.8, 4) is 6.07 Å². The molecular weight excluding hydrogens is 192 g/mol. The number of carbonyl (C=O) groups excluding carboxylic acids is 1. The third-order valence-corrected chi connectivity index (χ3v) is 2.86. The first-order chi connectivity index (χ1) is 7.27. The van der Waals surface area contributed by atoms with Crippen molar-refractivity contribution in [3.63, 3.8) is 0 Å². The highest BCUT2D eigenvalue weighted by atomic mass is 16.3. The van der Waals surface area contributed by atoms with Gasteiger partial charge in [0, 0.05) is 0 Å². The molecule has 0 aliphatic heterocycles. The standard InChI is InChI=1S/C11H12N2O2/c12-8-11(4-2-5-11)10(14)13-7-9-3-1-6-15-9/h1,3,6H,2,4-5,7H2,(H,13,14). The lowest BCUT2D eigenvalue weighted by Crippen LogP contribution is -2.44. The smallest absolute Gasteiger partial charge is 0.240 e. The van der Waals surface area contributed by atoms with E-state index in [1.54, 1.807) is 18.4 Å². The zero-order chi connectivity index (χ0) is 10.7. The van der Waals surface area contributed by atoms with Crippen LogP contribution < -0.4 is 5.32 Å². The molecule has 1 aromatic heterocycles. The number of nitrogens with one attached hydrogen (secondary N) is 1. The maximum Gasteiger partial charge on any atom is 0.240 e. The van der Waals surface area contributed by atoms with E-state index in [0.717, 1.165) is 6.42 Å². The highest BCUT2D eigenvalue weighted by Gasteiger charge is 2.44. The molecule has 1 amide bonds. The monoisotopic (exact) mass is 204 g/mol. The number of nitriles is 1. The van der Waals surface area contributed by atoms with Crippen molar-refractivity contribution in [2.75, 3.05) is 0 Å². The van der Waals surface area contributed by atoms with Crippen LogP contribution in [-0.2, 0) is 11.3 Å². The van der Waals surface area contributed by atoms with Gasteiger partial charge in [-0.15, -0.1) is 0 Å². The summed E-state index contributed by atoms with van der Waals surface area (Å²) in [5.74, 6) is 0.531. The van der Waals surface area contributed by atoms with Crippen molar-refractivity contribution in [3.05, 3.63) is 24.2 Å². The predicted octanol–water partition coefficient (Wildman–Crippen LogP) is 1.59. The molecule has 4 nitrogen and oxygen atoms in total. The van der Waals surface area contributed by atoms with E-state index >= 15 is 0 Å². The average molecular weight is 204 g/mol. The van der Waals surface area contributed by atoms with Crippen molar-refractivity contribution in [2.24, 2.45) is 5.41 Å². The Morgan fingerprint density at radius 2 is 2.47 bits per heavy atom. The number of hydrogen-bond acceptors (Lipinski definition) is 3. The summed E-state index contributed by atoms with van der Waals surface area (Å²) in [6.45, 7) is 0.356. The van der Waals surface area contributed by atoms with Crippen molar-refractivity contribution in [2.45, 2.75) is 25.8 Å². The highest BCUT2D eigenvalue weighted by molar-refractivity contribution is 5.86. The van der Waals surface area contributed by atoms with Crippen LogP contribution in [0, 0.1) is 16.7 Å². The third kappa shape index (κ3) is 1.73. The van der Waals surface area contributed by atoms with Crippen molar-refractivity contribution >= 4 is 5.91 Å². The molecule has 0 radical (unpaired) electrons. The molecule has 15 heavy (non-hydrogen) atoms. The second kappa shape index (κ2) is 3.77. The first-order valence-corrected chi connectivity index (χ1v) is 4.99. The predicted molar refractivity (Wildman–Crippen MR) is 52.5 cm³/mol. The second-order valence-electron chi connectivity index (χ2n) is 3.81. The maximum atomic E-state index is 11.7. The SMILES string of the molecule is N#CC1(C(=O)NCc2ccco2)CCC1. The van der Waals surface area contributed by atoms with Gasteiger partial charge in [0.1, 0.15) is 11.2 Å². The van der Waals surface area contributed by atoms with Gasteiger partial charge >= 0.3 is 0 Å². The lowest BCUT2D eigenvalue weighted by Gasteiger charge is -2.33. The van der Waals surface area contributed by atoms with E-state index < -0.39 is 5.41 Å². The molecule has 0 spiro atoms. The van der Waals surface area contributed by atoms with E-state index in [-0.39, 0.29) is 5.91 Å². The summed E-state index contributed by atoms with van der Waals surface area (Å²) in [5, 5.41) is 11.7. The molecule has 78 valence electrons. The molecule has 4 heteroatoms. The molecule has 1 aromatic rings. The number of amides is 1. The molecular formula is C11H12N2O2. The normalized spacial score (nSPS) is 17.5. The minimum Gasteiger partial charge on any atom is -0.467 e. The van der Waals surface area contributed by atoms with E-state index in [0.29, 0.717) is 25.1 Å². The fourth-order valence-corrected chi connectivity index (χ4v) is 1.67. The number of furan rings is 1. The largest absolute Gasteiger partial charge is 0.467 e. The molecule has 0 bridgehead atoms. The number of nitrogens with zero attached hydrogens (tertiary/aromatic N) is 1. The van der Waals surface area contributed by atoms with Crippen LogP contribution in [-0.4, -0.2) is 5.91 Å². The molecule has 1 saturated carbocycles. The zero-order valence-electron chi connectivity index (χ0n) is 8.32. The molecule has 1 N–H and O–H groups in total. The Morgan fingerprint density at radius 3 is 2.93 bits per heavy atom. The van der Waals surface area contributed by atoms with Gasteiger partial charge in [0.05, 0.1) is 18.9 Å². The van der Waals surface area contributed by atoms with Gasteiger partial charge in [-0.3, -0.25) is 4.79 Å². The molecule has 0 saturated heterocycles. The van der Waals surface area contributed by atoms with Crippen LogP contribution in [0.2, 0.25) is 0 Å². The number of carbonyl (C=O) groups is 1. The van der Waals surface area contributed by atoms with Gasteiger partial charge in [0.15, 0.2) is 0 Å². The van der Waals surface area contributed by atoms with Gasteiger partial charge < -0.3 is 9.73 Å². The van der Waals surface area contributed by atoms with Crippen molar-refractivity contribution in [1.29, 1.82) is 5.26 Å². The molecule has 1 heterocycles. The van der Waals surface area contributed by atoms with E-state index in [1.807, 2.05) is 0 Å². The van der Waals surface area contributed by atoms with Crippen LogP contribution in [0.15, 0.2) is 22.8 Å². The Bertz CT molecular complexity index is 385. The van der Waals surface area contributed by atoms with Gasteiger partial charge in [-0.2, -0.15) is 5.26 Å². The Hall–Kier alpha value is -1.76. The van der Waals surface area contributed by atoms with E-state index in [2.05, 4.69) is 11.4 Å². The van der Waals surface area contributed by atoms with Crippen molar-refractivity contribution < 1.29 is 9.21 Å². The fourth-order valence-electron chi connectivity index (χ4n) is 1.67. The third-order valence-electron chi connectivity index (χ3n) is 2.86. The Balaban J connectivity index is 1.90. The molecule has 0 atom stereocenters. The number of hydrogen-bond donors (Lipinski definition) is 1. The molecule has 0 unspecified atom stereocenters. The van der Waals surface area contributed by atoms with Crippen LogP contribution in [0.5, 0.6) is 0 Å². The first kappa shape index (κ1) is 9.78. The summed E-state index contributed by atoms with van der Waals surface area (Å²) in [5.41, 5.74) is -0.771. The molecule has 0 aromatic carbocycles. The molecule has 2 rings (SSSR count). The van der Waals surface area contributed by atoms with E-state index in [9.17, 15) is 4.79 Å². The summed E-state index contributed by atoms with van der Waals surface area (Å²) in [4.78, 5) is 11.7. The quantitative estimate of drug-likeness (QED) is 0.813. The Morgan fingerprint density at radius 1 is 1.67 bits per heavy atom. The summed E-state index contributed by atoms with van der Waals surface area (Å²) < 4.78 is 5.08. The Labute approximate surface area is 87.9 Å². The van der Waals surface area contributed by atoms with Gasteiger partial charge in [-0.25, -0.2) is 0 Å². The highest BCUT2D eigenvalue weighted by Crippen LogP contribution is 2.40. The van der Waals surface area contributed by atoms with E-state index in [4.69, 9.17) is 9.68 Å². The minimum absolute atomic E-state index is 0.173. The summed E-state index contributed by atoms with van der Waals surface area (Å²) in [6.07, 6.45) is 3.87. The van der Waals surface area contributed by atoms with Gasteiger partial charge in [-0.05, 0) is 31.4 Å². The Kier molecular flexibility index (Phi) is 2.46. The number of rotatable bonds is 3. The van der Waals surface area contributed by atoms with Crippen molar-refractivity contribution in [1.82, 2.24) is 5.32 Å². The summed E-state index contributed by atoms with van der Waals surface area (Å²) >= 11 is 0. The summed E-state index contributed by atoms with van der Waals surface area (Å²) in [7, 11) is 0. The zero-order valence-corrected chi connectivity index (χ0v) is 8.32. The van der Waals surface area contributed by atoms with Crippen LogP contribution in [0.3, 0.4) is 0 Å². The van der Waals surface area contributed by atoms with Gasteiger partial charge in [0.25, 0.3) is 0 Å². The average Bonchev–Trinajstić information content (AvgIpc) is 2.66. The minimum atomic E-state index is -0.771. The van der Waals surface area contributed by atoms with Crippen LogP contribution in [0.1, 0.15) is 25.0 Å². The summed E-state index contributed by atoms with van der Waals surface area (Å²) in [6, 6.07) is 5.66. The second-order valence-corrected chi connectivity index (χ2v) is 3.81. The van der Waals surface area contributed by atoms with Gasteiger partial charge in [-0.1, -0.05) is 0 Å². The first-order valence-electron chi connectivity index (χ1n) is 4.99. The lowest BCUT2D eigenvalue weighted by molar-refractivity contribution is -0.132. The maximum absolute atomic E-state index is 11.7. The fraction of sp³-hybridized carbons (Fsp3) is 0.455. The van der Waals surface area contributed by atoms with Crippen LogP contribution in [0.4, 0.5) is 0 Å².